The third kappa shape index (κ3) is 0.703. The van der Waals surface area contributed by atoms with Gasteiger partial charge in [-0.3, -0.25) is 4.79 Å². The van der Waals surface area contributed by atoms with Crippen molar-refractivity contribution in [2.45, 2.75) is 0 Å². The van der Waals surface area contributed by atoms with E-state index in [1.54, 1.807) is 0 Å². The van der Waals surface area contributed by atoms with Gasteiger partial charge < -0.3 is 4.81 Å². The van der Waals surface area contributed by atoms with Gasteiger partial charge in [-0.25, -0.2) is 9.97 Å². The average Bonchev–Trinajstić information content (AvgIpc) is 2.33. The first-order valence-electron chi connectivity index (χ1n) is 3.30. The van der Waals surface area contributed by atoms with Crippen LogP contribution in [0.2, 0.25) is 0 Å². The monoisotopic (exact) mass is 157 g/mol. The molecule has 5 heteroatoms. The topological polar surface area (TPSA) is 46.1 Å². The number of hydrogen-bond acceptors (Lipinski definition) is 3. The van der Waals surface area contributed by atoms with E-state index in [4.69, 9.17) is 7.98 Å². The SMILES string of the molecule is [B]N1C(=C)c2cncnc2C1=O. The molecule has 12 heavy (non-hydrogen) atoms. The first-order chi connectivity index (χ1) is 5.72. The van der Waals surface area contributed by atoms with Gasteiger partial charge in [-0.2, -0.15) is 0 Å². The summed E-state index contributed by atoms with van der Waals surface area (Å²) in [4.78, 5) is 19.8. The molecule has 0 atom stereocenters. The van der Waals surface area contributed by atoms with E-state index in [1.165, 1.54) is 12.5 Å². The van der Waals surface area contributed by atoms with E-state index in [1.807, 2.05) is 0 Å². The maximum absolute atomic E-state index is 11.3. The fourth-order valence-electron chi connectivity index (χ4n) is 1.08. The standard InChI is InChI=1S/C7H4BN3O/c1-4-5-2-9-3-10-6(5)7(12)11(4)8/h2-3H,1H2. The van der Waals surface area contributed by atoms with E-state index >= 15 is 0 Å². The Morgan fingerprint density at radius 1 is 1.58 bits per heavy atom. The molecule has 4 nitrogen and oxygen atoms in total. The van der Waals surface area contributed by atoms with E-state index in [0.29, 0.717) is 17.0 Å². The maximum atomic E-state index is 11.3. The molecule has 2 radical (unpaired) electrons. The smallest absolute Gasteiger partial charge is 0.264 e. The first kappa shape index (κ1) is 7.03. The van der Waals surface area contributed by atoms with E-state index in [2.05, 4.69) is 16.5 Å². The summed E-state index contributed by atoms with van der Waals surface area (Å²) in [6.07, 6.45) is 2.83. The zero-order chi connectivity index (χ0) is 8.72. The molecule has 0 bridgehead atoms. The van der Waals surface area contributed by atoms with Crippen LogP contribution in [0.4, 0.5) is 0 Å². The third-order valence-electron chi connectivity index (χ3n) is 1.74. The molecule has 2 rings (SSSR count). The molecule has 0 unspecified atom stereocenters. The van der Waals surface area contributed by atoms with Crippen LogP contribution in [0.3, 0.4) is 0 Å². The lowest BCUT2D eigenvalue weighted by molar-refractivity contribution is 0.0913. The minimum atomic E-state index is -0.336. The number of rotatable bonds is 0. The number of fused-ring (bicyclic) bond motifs is 1. The molecule has 0 fully saturated rings. The molecule has 1 aliphatic heterocycles. The van der Waals surface area contributed by atoms with Crippen molar-refractivity contribution in [2.24, 2.45) is 0 Å². The Labute approximate surface area is 70.4 Å². The van der Waals surface area contributed by atoms with Gasteiger partial charge in [0.25, 0.3) is 5.91 Å². The van der Waals surface area contributed by atoms with Crippen LogP contribution in [0.1, 0.15) is 16.1 Å². The number of hydrogen-bond donors (Lipinski definition) is 0. The maximum Gasteiger partial charge on any atom is 0.264 e. The second-order valence-corrected chi connectivity index (χ2v) is 2.41. The van der Waals surface area contributed by atoms with Gasteiger partial charge in [0.05, 0.1) is 0 Å². The summed E-state index contributed by atoms with van der Waals surface area (Å²) in [7, 11) is 5.39. The van der Waals surface area contributed by atoms with Crippen LogP contribution in [-0.4, -0.2) is 28.7 Å². The lowest BCUT2D eigenvalue weighted by atomic mass is 10.2. The lowest BCUT2D eigenvalue weighted by Gasteiger charge is -2.07. The molecule has 0 spiro atoms. The number of aromatic nitrogens is 2. The van der Waals surface area contributed by atoms with Crippen molar-refractivity contribution >= 4 is 19.6 Å². The van der Waals surface area contributed by atoms with Crippen LogP contribution in [0, 0.1) is 0 Å². The molecule has 1 aromatic heterocycles. The summed E-state index contributed by atoms with van der Waals surface area (Å²) in [5.74, 6) is -0.336. The Balaban J connectivity index is 2.67. The minimum absolute atomic E-state index is 0.317. The van der Waals surface area contributed by atoms with Crippen molar-refractivity contribution in [2.75, 3.05) is 0 Å². The normalized spacial score (nSPS) is 15.2. The molecule has 56 valence electrons. The summed E-state index contributed by atoms with van der Waals surface area (Å²) < 4.78 is 0. The number of carbonyl (C=O) groups excluding carboxylic acids is 1. The highest BCUT2D eigenvalue weighted by Crippen LogP contribution is 2.26. The van der Waals surface area contributed by atoms with Gasteiger partial charge in [-0.1, -0.05) is 6.58 Å². The molecular formula is C7H4BN3O. The Bertz CT molecular complexity index is 342. The zero-order valence-corrected chi connectivity index (χ0v) is 6.19. The van der Waals surface area contributed by atoms with Crippen molar-refractivity contribution < 1.29 is 4.79 Å². The second kappa shape index (κ2) is 2.17. The molecule has 1 aliphatic rings. The van der Waals surface area contributed by atoms with Gasteiger partial charge in [0.1, 0.15) is 12.0 Å². The Hall–Kier alpha value is -1.65. The van der Waals surface area contributed by atoms with Crippen LogP contribution in [-0.2, 0) is 0 Å². The summed E-state index contributed by atoms with van der Waals surface area (Å²) in [5.41, 5.74) is 1.36. The van der Waals surface area contributed by atoms with E-state index < -0.39 is 0 Å². The van der Waals surface area contributed by atoms with Crippen LogP contribution >= 0.6 is 0 Å². The van der Waals surface area contributed by atoms with Crippen molar-refractivity contribution in [3.63, 3.8) is 0 Å². The van der Waals surface area contributed by atoms with Gasteiger partial charge >= 0.3 is 0 Å². The van der Waals surface area contributed by atoms with Crippen LogP contribution in [0.25, 0.3) is 5.70 Å². The van der Waals surface area contributed by atoms with Gasteiger partial charge in [0.2, 0.25) is 7.98 Å². The van der Waals surface area contributed by atoms with Gasteiger partial charge in [0, 0.05) is 17.5 Å². The molecule has 2 heterocycles. The zero-order valence-electron chi connectivity index (χ0n) is 6.19. The number of nitrogens with zero attached hydrogens (tertiary/aromatic N) is 3. The van der Waals surface area contributed by atoms with E-state index in [-0.39, 0.29) is 5.91 Å². The number of amides is 1. The van der Waals surface area contributed by atoms with Gasteiger partial charge in [0.15, 0.2) is 0 Å². The lowest BCUT2D eigenvalue weighted by Crippen LogP contribution is -2.18. The van der Waals surface area contributed by atoms with Crippen molar-refractivity contribution in [3.8, 4) is 0 Å². The predicted molar refractivity (Wildman–Crippen MR) is 43.0 cm³/mol. The largest absolute Gasteiger partial charge is 0.364 e. The van der Waals surface area contributed by atoms with Gasteiger partial charge in [-0.15, -0.1) is 0 Å². The molecular weight excluding hydrogens is 153 g/mol. The van der Waals surface area contributed by atoms with E-state index in [9.17, 15) is 4.79 Å². The second-order valence-electron chi connectivity index (χ2n) is 2.41. The average molecular weight is 157 g/mol. The van der Waals surface area contributed by atoms with Gasteiger partial charge in [-0.05, 0) is 0 Å². The van der Waals surface area contributed by atoms with E-state index in [0.717, 1.165) is 4.81 Å². The molecule has 0 N–H and O–H groups in total. The minimum Gasteiger partial charge on any atom is -0.364 e. The Morgan fingerprint density at radius 3 is 3.00 bits per heavy atom. The third-order valence-corrected chi connectivity index (χ3v) is 1.74. The molecule has 0 aliphatic carbocycles. The Kier molecular flexibility index (Phi) is 1.27. The van der Waals surface area contributed by atoms with Crippen LogP contribution in [0.15, 0.2) is 19.1 Å². The fourth-order valence-corrected chi connectivity index (χ4v) is 1.08. The van der Waals surface area contributed by atoms with Crippen molar-refractivity contribution in [1.82, 2.24) is 14.8 Å². The predicted octanol–water partition coefficient (Wildman–Crippen LogP) is -0.0134. The van der Waals surface area contributed by atoms with Crippen LogP contribution in [0.5, 0.6) is 0 Å². The summed E-state index contributed by atoms with van der Waals surface area (Å²) >= 11 is 0. The molecule has 1 aromatic rings. The first-order valence-corrected chi connectivity index (χ1v) is 3.30. The summed E-state index contributed by atoms with van der Waals surface area (Å²) in [5, 5.41) is 0. The molecule has 0 saturated heterocycles. The molecule has 0 saturated carbocycles. The fraction of sp³-hybridized carbons (Fsp3) is 0. The quantitative estimate of drug-likeness (QED) is 0.497. The molecule has 1 amide bonds. The highest BCUT2D eigenvalue weighted by atomic mass is 16.2. The number of carbonyl (C=O) groups is 1. The summed E-state index contributed by atoms with van der Waals surface area (Å²) in [6, 6.07) is 0. The highest BCUT2D eigenvalue weighted by molar-refractivity contribution is 6.26. The summed E-state index contributed by atoms with van der Waals surface area (Å²) in [6.45, 7) is 3.63. The van der Waals surface area contributed by atoms with Crippen molar-refractivity contribution in [3.05, 3.63) is 30.4 Å². The Morgan fingerprint density at radius 2 is 2.33 bits per heavy atom. The molecule has 0 aromatic carbocycles. The highest BCUT2D eigenvalue weighted by Gasteiger charge is 2.28. The van der Waals surface area contributed by atoms with Crippen molar-refractivity contribution in [1.29, 1.82) is 0 Å². The van der Waals surface area contributed by atoms with Crippen LogP contribution < -0.4 is 0 Å².